The van der Waals surface area contributed by atoms with Crippen LogP contribution in [0, 0.1) is 19.8 Å². The first-order chi connectivity index (χ1) is 12.5. The van der Waals surface area contributed by atoms with Crippen LogP contribution in [0.4, 0.5) is 0 Å². The van der Waals surface area contributed by atoms with E-state index in [2.05, 4.69) is 71.3 Å². The molecule has 1 aromatic carbocycles. The largest absolute Gasteiger partial charge is 0.356 e. The standard InChI is InChI=1S/C21H37N5.HI/c1-6-25-9-11-26(12-10-25)16-18(3)14-23-21(22-5)24-15-20-8-7-17(2)13-19(20)4;/h7-8,13,18H,6,9-12,14-16H2,1-5H3,(H2,22,23,24);1H. The smallest absolute Gasteiger partial charge is 0.191 e. The van der Waals surface area contributed by atoms with E-state index in [0.717, 1.165) is 25.6 Å². The Morgan fingerprint density at radius 2 is 1.78 bits per heavy atom. The Kier molecular flexibility index (Phi) is 11.3. The molecule has 27 heavy (non-hydrogen) atoms. The monoisotopic (exact) mass is 487 g/mol. The minimum Gasteiger partial charge on any atom is -0.356 e. The fourth-order valence-corrected chi connectivity index (χ4v) is 3.51. The molecule has 5 nitrogen and oxygen atoms in total. The van der Waals surface area contributed by atoms with Crippen LogP contribution in [0.1, 0.15) is 30.5 Å². The zero-order chi connectivity index (χ0) is 18.9. The molecular weight excluding hydrogens is 449 g/mol. The van der Waals surface area contributed by atoms with E-state index in [1.165, 1.54) is 49.4 Å². The molecule has 1 fully saturated rings. The average molecular weight is 487 g/mol. The lowest BCUT2D eigenvalue weighted by Gasteiger charge is -2.35. The fraction of sp³-hybridized carbons (Fsp3) is 0.667. The maximum absolute atomic E-state index is 4.36. The zero-order valence-electron chi connectivity index (χ0n) is 17.7. The summed E-state index contributed by atoms with van der Waals surface area (Å²) < 4.78 is 0. The van der Waals surface area contributed by atoms with Crippen LogP contribution in [0.25, 0.3) is 0 Å². The van der Waals surface area contributed by atoms with Crippen LogP contribution in [-0.2, 0) is 6.54 Å². The first-order valence-electron chi connectivity index (χ1n) is 9.97. The summed E-state index contributed by atoms with van der Waals surface area (Å²) in [5.41, 5.74) is 3.95. The van der Waals surface area contributed by atoms with E-state index in [0.29, 0.717) is 5.92 Å². The van der Waals surface area contributed by atoms with E-state index in [-0.39, 0.29) is 24.0 Å². The molecule has 0 bridgehead atoms. The van der Waals surface area contributed by atoms with Gasteiger partial charge in [-0.05, 0) is 37.4 Å². The molecule has 0 spiro atoms. The number of halogens is 1. The highest BCUT2D eigenvalue weighted by Gasteiger charge is 2.17. The van der Waals surface area contributed by atoms with Gasteiger partial charge < -0.3 is 20.4 Å². The second-order valence-corrected chi connectivity index (χ2v) is 7.58. The molecule has 1 heterocycles. The van der Waals surface area contributed by atoms with Crippen molar-refractivity contribution in [2.45, 2.75) is 34.2 Å². The van der Waals surface area contributed by atoms with Crippen LogP contribution in [0.3, 0.4) is 0 Å². The predicted molar refractivity (Wildman–Crippen MR) is 127 cm³/mol. The Morgan fingerprint density at radius 3 is 2.37 bits per heavy atom. The van der Waals surface area contributed by atoms with Gasteiger partial charge in [0.1, 0.15) is 0 Å². The molecule has 1 aromatic rings. The normalized spacial score (nSPS) is 17.3. The van der Waals surface area contributed by atoms with Gasteiger partial charge in [-0.3, -0.25) is 4.99 Å². The van der Waals surface area contributed by atoms with Gasteiger partial charge in [0.15, 0.2) is 5.96 Å². The molecule has 6 heteroatoms. The molecule has 1 unspecified atom stereocenters. The summed E-state index contributed by atoms with van der Waals surface area (Å²) in [6.07, 6.45) is 0. The van der Waals surface area contributed by atoms with Gasteiger partial charge in [-0.1, -0.05) is 37.6 Å². The molecule has 1 aliphatic heterocycles. The van der Waals surface area contributed by atoms with Gasteiger partial charge in [-0.15, -0.1) is 24.0 Å². The summed E-state index contributed by atoms with van der Waals surface area (Å²) in [7, 11) is 1.84. The van der Waals surface area contributed by atoms with E-state index in [1.54, 1.807) is 0 Å². The Labute approximate surface area is 183 Å². The van der Waals surface area contributed by atoms with Gasteiger partial charge >= 0.3 is 0 Å². The highest BCUT2D eigenvalue weighted by molar-refractivity contribution is 14.0. The minimum absolute atomic E-state index is 0. The number of hydrogen-bond acceptors (Lipinski definition) is 3. The maximum atomic E-state index is 4.36. The number of nitrogens with one attached hydrogen (secondary N) is 2. The van der Waals surface area contributed by atoms with Crippen molar-refractivity contribution in [2.24, 2.45) is 10.9 Å². The van der Waals surface area contributed by atoms with Crippen molar-refractivity contribution in [3.63, 3.8) is 0 Å². The lowest BCUT2D eigenvalue weighted by Crippen LogP contribution is -2.48. The van der Waals surface area contributed by atoms with E-state index >= 15 is 0 Å². The number of piperazine rings is 1. The molecule has 1 atom stereocenters. The van der Waals surface area contributed by atoms with E-state index in [9.17, 15) is 0 Å². The summed E-state index contributed by atoms with van der Waals surface area (Å²) in [6, 6.07) is 6.59. The van der Waals surface area contributed by atoms with E-state index in [4.69, 9.17) is 0 Å². The lowest BCUT2D eigenvalue weighted by molar-refractivity contribution is 0.124. The highest BCUT2D eigenvalue weighted by atomic mass is 127. The number of benzene rings is 1. The zero-order valence-corrected chi connectivity index (χ0v) is 20.0. The van der Waals surface area contributed by atoms with Crippen LogP contribution in [0.15, 0.2) is 23.2 Å². The first kappa shape index (κ1) is 24.2. The van der Waals surface area contributed by atoms with Gasteiger partial charge in [-0.2, -0.15) is 0 Å². The molecular formula is C21H38IN5. The average Bonchev–Trinajstić information content (AvgIpc) is 2.64. The third-order valence-electron chi connectivity index (χ3n) is 5.27. The van der Waals surface area contributed by atoms with Gasteiger partial charge in [0, 0.05) is 52.9 Å². The summed E-state index contributed by atoms with van der Waals surface area (Å²) >= 11 is 0. The Bertz CT molecular complexity index is 582. The maximum Gasteiger partial charge on any atom is 0.191 e. The van der Waals surface area contributed by atoms with Crippen molar-refractivity contribution in [2.75, 3.05) is 52.9 Å². The van der Waals surface area contributed by atoms with Crippen molar-refractivity contribution in [1.29, 1.82) is 0 Å². The topological polar surface area (TPSA) is 42.9 Å². The molecule has 0 amide bonds. The first-order valence-corrected chi connectivity index (χ1v) is 9.97. The number of guanidine groups is 1. The Morgan fingerprint density at radius 1 is 1.11 bits per heavy atom. The van der Waals surface area contributed by atoms with Crippen LogP contribution in [0.2, 0.25) is 0 Å². The molecule has 1 aliphatic rings. The molecule has 0 aromatic heterocycles. The number of aryl methyl sites for hydroxylation is 2. The number of hydrogen-bond donors (Lipinski definition) is 2. The van der Waals surface area contributed by atoms with Gasteiger partial charge in [-0.25, -0.2) is 0 Å². The minimum atomic E-state index is 0. The van der Waals surface area contributed by atoms with Crippen LogP contribution >= 0.6 is 24.0 Å². The van der Waals surface area contributed by atoms with Gasteiger partial charge in [0.2, 0.25) is 0 Å². The van der Waals surface area contributed by atoms with Gasteiger partial charge in [0.05, 0.1) is 0 Å². The molecule has 0 saturated carbocycles. The highest BCUT2D eigenvalue weighted by Crippen LogP contribution is 2.10. The summed E-state index contributed by atoms with van der Waals surface area (Å²) in [5, 5.41) is 6.92. The van der Waals surface area contributed by atoms with Crippen LogP contribution < -0.4 is 10.6 Å². The number of likely N-dealkylation sites (N-methyl/N-ethyl adjacent to an activating group) is 1. The second kappa shape index (κ2) is 12.6. The van der Waals surface area contributed by atoms with Crippen molar-refractivity contribution in [1.82, 2.24) is 20.4 Å². The third-order valence-corrected chi connectivity index (χ3v) is 5.27. The fourth-order valence-electron chi connectivity index (χ4n) is 3.51. The van der Waals surface area contributed by atoms with E-state index < -0.39 is 0 Å². The predicted octanol–water partition coefficient (Wildman–Crippen LogP) is 2.86. The molecule has 2 N–H and O–H groups in total. The molecule has 1 saturated heterocycles. The summed E-state index contributed by atoms with van der Waals surface area (Å²) in [4.78, 5) is 9.48. The van der Waals surface area contributed by atoms with Crippen molar-refractivity contribution in [3.8, 4) is 0 Å². The molecule has 0 aliphatic carbocycles. The third kappa shape index (κ3) is 8.35. The van der Waals surface area contributed by atoms with Crippen LogP contribution in [0.5, 0.6) is 0 Å². The van der Waals surface area contributed by atoms with Crippen LogP contribution in [-0.4, -0.2) is 68.6 Å². The molecule has 0 radical (unpaired) electrons. The quantitative estimate of drug-likeness (QED) is 0.353. The SMILES string of the molecule is CCN1CCN(CC(C)CNC(=NC)NCc2ccc(C)cc2C)CC1.I. The van der Waals surface area contributed by atoms with Gasteiger partial charge in [0.25, 0.3) is 0 Å². The summed E-state index contributed by atoms with van der Waals surface area (Å²) in [6.45, 7) is 17.7. The molecule has 154 valence electrons. The number of nitrogens with zero attached hydrogens (tertiary/aromatic N) is 3. The summed E-state index contributed by atoms with van der Waals surface area (Å²) in [5.74, 6) is 1.48. The Hall–Kier alpha value is -0.860. The van der Waals surface area contributed by atoms with Crippen molar-refractivity contribution >= 4 is 29.9 Å². The number of aliphatic imine (C=N–C) groups is 1. The van der Waals surface area contributed by atoms with E-state index in [1.807, 2.05) is 7.05 Å². The lowest BCUT2D eigenvalue weighted by atomic mass is 10.1. The molecule has 2 rings (SSSR count). The van der Waals surface area contributed by atoms with Crippen molar-refractivity contribution in [3.05, 3.63) is 34.9 Å². The second-order valence-electron chi connectivity index (χ2n) is 7.58. The number of rotatable bonds is 7. The van der Waals surface area contributed by atoms with Crippen molar-refractivity contribution < 1.29 is 0 Å². The Balaban J connectivity index is 0.00000364.